The van der Waals surface area contributed by atoms with Gasteiger partial charge in [-0.25, -0.2) is 9.98 Å². The lowest BCUT2D eigenvalue weighted by atomic mass is 10.1. The lowest BCUT2D eigenvalue weighted by Crippen LogP contribution is -2.43. The molecule has 0 aromatic carbocycles. The van der Waals surface area contributed by atoms with E-state index in [0.717, 1.165) is 43.4 Å². The SMILES string of the molecule is CCNC(=NCC(=O)NC(C)(C)C)NCCc1csc(N2CCCC2)n1.I. The van der Waals surface area contributed by atoms with Crippen LogP contribution in [0, 0.1) is 0 Å². The second kappa shape index (κ2) is 11.7. The van der Waals surface area contributed by atoms with E-state index in [1.165, 1.54) is 12.8 Å². The smallest absolute Gasteiger partial charge is 0.242 e. The molecular weight excluding hydrogens is 475 g/mol. The van der Waals surface area contributed by atoms with Crippen molar-refractivity contribution in [2.45, 2.75) is 52.5 Å². The summed E-state index contributed by atoms with van der Waals surface area (Å²) in [6.07, 6.45) is 3.37. The first-order chi connectivity index (χ1) is 12.4. The van der Waals surface area contributed by atoms with Crippen molar-refractivity contribution in [1.29, 1.82) is 0 Å². The normalized spacial score (nSPS) is 14.7. The van der Waals surface area contributed by atoms with Crippen molar-refractivity contribution in [2.75, 3.05) is 37.6 Å². The molecule has 0 unspecified atom stereocenters. The maximum Gasteiger partial charge on any atom is 0.242 e. The summed E-state index contributed by atoms with van der Waals surface area (Å²) >= 11 is 1.72. The molecule has 1 fully saturated rings. The second-order valence-corrected chi connectivity index (χ2v) is 8.32. The van der Waals surface area contributed by atoms with Gasteiger partial charge in [0.1, 0.15) is 6.54 Å². The van der Waals surface area contributed by atoms with Gasteiger partial charge in [-0.3, -0.25) is 4.79 Å². The molecule has 0 saturated carbocycles. The van der Waals surface area contributed by atoms with Gasteiger partial charge in [-0.2, -0.15) is 0 Å². The summed E-state index contributed by atoms with van der Waals surface area (Å²) < 4.78 is 0. The Labute approximate surface area is 183 Å². The number of thiazole rings is 1. The van der Waals surface area contributed by atoms with Gasteiger partial charge in [-0.05, 0) is 40.5 Å². The van der Waals surface area contributed by atoms with Gasteiger partial charge < -0.3 is 20.9 Å². The van der Waals surface area contributed by atoms with Gasteiger partial charge in [0, 0.05) is 43.5 Å². The first-order valence-corrected chi connectivity index (χ1v) is 10.3. The van der Waals surface area contributed by atoms with Crippen molar-refractivity contribution in [2.24, 2.45) is 4.99 Å². The van der Waals surface area contributed by atoms with Crippen molar-refractivity contribution < 1.29 is 4.79 Å². The van der Waals surface area contributed by atoms with Crippen LogP contribution in [-0.2, 0) is 11.2 Å². The Morgan fingerprint density at radius 3 is 2.63 bits per heavy atom. The Morgan fingerprint density at radius 2 is 2.00 bits per heavy atom. The Balaban J connectivity index is 0.00000364. The molecule has 2 heterocycles. The topological polar surface area (TPSA) is 81.6 Å². The van der Waals surface area contributed by atoms with Crippen molar-refractivity contribution >= 4 is 52.3 Å². The van der Waals surface area contributed by atoms with E-state index in [4.69, 9.17) is 4.98 Å². The zero-order valence-electron chi connectivity index (χ0n) is 16.8. The Hall–Kier alpha value is -1.10. The molecule has 0 spiro atoms. The van der Waals surface area contributed by atoms with Gasteiger partial charge in [0.2, 0.25) is 5.91 Å². The number of carbonyl (C=O) groups is 1. The van der Waals surface area contributed by atoms with E-state index < -0.39 is 0 Å². The summed E-state index contributed by atoms with van der Waals surface area (Å²) in [4.78, 5) is 23.3. The number of nitrogens with one attached hydrogen (secondary N) is 3. The minimum Gasteiger partial charge on any atom is -0.357 e. The van der Waals surface area contributed by atoms with Crippen LogP contribution >= 0.6 is 35.3 Å². The molecule has 1 aliphatic rings. The standard InChI is InChI=1S/C18H32N6OS.HI/c1-5-19-16(21-12-15(25)23-18(2,3)4)20-9-8-14-13-26-17(22-14)24-10-6-7-11-24;/h13H,5-12H2,1-4H3,(H,23,25)(H2,19,20,21);1H. The van der Waals surface area contributed by atoms with Gasteiger partial charge in [0.15, 0.2) is 11.1 Å². The van der Waals surface area contributed by atoms with E-state index in [1.807, 2.05) is 27.7 Å². The molecule has 27 heavy (non-hydrogen) atoms. The fourth-order valence-corrected chi connectivity index (χ4v) is 3.64. The van der Waals surface area contributed by atoms with Crippen molar-refractivity contribution in [3.05, 3.63) is 11.1 Å². The number of amides is 1. The molecule has 0 radical (unpaired) electrons. The third-order valence-electron chi connectivity index (χ3n) is 3.83. The third-order valence-corrected chi connectivity index (χ3v) is 4.78. The number of hydrogen-bond acceptors (Lipinski definition) is 5. The summed E-state index contributed by atoms with van der Waals surface area (Å²) in [6, 6.07) is 0. The predicted octanol–water partition coefficient (Wildman–Crippen LogP) is 2.37. The molecule has 1 aliphatic heterocycles. The second-order valence-electron chi connectivity index (χ2n) is 7.49. The van der Waals surface area contributed by atoms with Gasteiger partial charge in [-0.15, -0.1) is 35.3 Å². The molecule has 1 aromatic heterocycles. The van der Waals surface area contributed by atoms with Crippen LogP contribution in [0.25, 0.3) is 0 Å². The van der Waals surface area contributed by atoms with E-state index in [0.29, 0.717) is 5.96 Å². The fraction of sp³-hybridized carbons (Fsp3) is 0.722. The monoisotopic (exact) mass is 508 g/mol. The van der Waals surface area contributed by atoms with Crippen LogP contribution in [0.5, 0.6) is 0 Å². The number of guanidine groups is 1. The summed E-state index contributed by atoms with van der Waals surface area (Å²) in [5.41, 5.74) is 0.862. The quantitative estimate of drug-likeness (QED) is 0.300. The third kappa shape index (κ3) is 9.09. The summed E-state index contributed by atoms with van der Waals surface area (Å²) in [5, 5.41) is 12.6. The predicted molar refractivity (Wildman–Crippen MR) is 125 cm³/mol. The maximum atomic E-state index is 11.9. The minimum atomic E-state index is -0.240. The maximum absolute atomic E-state index is 11.9. The highest BCUT2D eigenvalue weighted by Gasteiger charge is 2.16. The van der Waals surface area contributed by atoms with E-state index in [1.54, 1.807) is 11.3 Å². The number of aliphatic imine (C=N–C) groups is 1. The molecule has 0 bridgehead atoms. The Bertz CT molecular complexity index is 607. The van der Waals surface area contributed by atoms with Gasteiger partial charge in [0.05, 0.1) is 5.69 Å². The van der Waals surface area contributed by atoms with Crippen LogP contribution in [-0.4, -0.2) is 55.1 Å². The summed E-state index contributed by atoms with van der Waals surface area (Å²) in [7, 11) is 0. The molecule has 1 aromatic rings. The number of nitrogens with zero attached hydrogens (tertiary/aromatic N) is 3. The first-order valence-electron chi connectivity index (χ1n) is 9.40. The summed E-state index contributed by atoms with van der Waals surface area (Å²) in [5.74, 6) is 0.580. The zero-order chi connectivity index (χ0) is 19.0. The highest BCUT2D eigenvalue weighted by atomic mass is 127. The zero-order valence-corrected chi connectivity index (χ0v) is 19.9. The van der Waals surface area contributed by atoms with Gasteiger partial charge in [0.25, 0.3) is 0 Å². The molecule has 2 rings (SSSR count). The number of halogens is 1. The molecule has 1 saturated heterocycles. The molecule has 1 amide bonds. The molecule has 154 valence electrons. The van der Waals surface area contributed by atoms with E-state index in [-0.39, 0.29) is 42.0 Å². The van der Waals surface area contributed by atoms with Crippen molar-refractivity contribution in [1.82, 2.24) is 20.9 Å². The van der Waals surface area contributed by atoms with Crippen LogP contribution in [0.2, 0.25) is 0 Å². The van der Waals surface area contributed by atoms with Crippen LogP contribution in [0.4, 0.5) is 5.13 Å². The Morgan fingerprint density at radius 1 is 1.30 bits per heavy atom. The van der Waals surface area contributed by atoms with Gasteiger partial charge in [-0.1, -0.05) is 0 Å². The Kier molecular flexibility index (Phi) is 10.4. The molecule has 7 nitrogen and oxygen atoms in total. The van der Waals surface area contributed by atoms with E-state index >= 15 is 0 Å². The van der Waals surface area contributed by atoms with E-state index in [2.05, 4.69) is 31.2 Å². The van der Waals surface area contributed by atoms with Crippen LogP contribution in [0.15, 0.2) is 10.4 Å². The average Bonchev–Trinajstić information content (AvgIpc) is 3.22. The highest BCUT2D eigenvalue weighted by Crippen LogP contribution is 2.24. The number of carbonyl (C=O) groups excluding carboxylic acids is 1. The average molecular weight is 508 g/mol. The molecule has 0 aliphatic carbocycles. The molecule has 0 atom stereocenters. The van der Waals surface area contributed by atoms with Crippen molar-refractivity contribution in [3.8, 4) is 0 Å². The lowest BCUT2D eigenvalue weighted by molar-refractivity contribution is -0.121. The number of aromatic nitrogens is 1. The number of rotatable bonds is 7. The molecular formula is C18H33IN6OS. The van der Waals surface area contributed by atoms with Crippen LogP contribution in [0.1, 0.15) is 46.2 Å². The van der Waals surface area contributed by atoms with Crippen LogP contribution in [0.3, 0.4) is 0 Å². The van der Waals surface area contributed by atoms with Crippen LogP contribution < -0.4 is 20.9 Å². The minimum absolute atomic E-state index is 0. The number of anilines is 1. The highest BCUT2D eigenvalue weighted by molar-refractivity contribution is 14.0. The van der Waals surface area contributed by atoms with E-state index in [9.17, 15) is 4.79 Å². The fourth-order valence-electron chi connectivity index (χ4n) is 2.72. The first kappa shape index (κ1) is 23.9. The largest absolute Gasteiger partial charge is 0.357 e. The number of hydrogen-bond donors (Lipinski definition) is 3. The summed E-state index contributed by atoms with van der Waals surface area (Å²) in [6.45, 7) is 11.7. The van der Waals surface area contributed by atoms with Crippen molar-refractivity contribution in [3.63, 3.8) is 0 Å². The lowest BCUT2D eigenvalue weighted by Gasteiger charge is -2.20. The molecule has 9 heteroatoms. The van der Waals surface area contributed by atoms with Gasteiger partial charge >= 0.3 is 0 Å². The molecule has 3 N–H and O–H groups in total.